The van der Waals surface area contributed by atoms with E-state index in [0.717, 1.165) is 0 Å². The van der Waals surface area contributed by atoms with E-state index in [9.17, 15) is 4.79 Å². The Morgan fingerprint density at radius 3 is 2.04 bits per heavy atom. The molecule has 0 bridgehead atoms. The highest BCUT2D eigenvalue weighted by Crippen LogP contribution is 2.48. The van der Waals surface area contributed by atoms with Crippen molar-refractivity contribution in [2.24, 2.45) is 0 Å². The molecule has 1 heterocycles. The van der Waals surface area contributed by atoms with Gasteiger partial charge in [0.05, 0.1) is 0 Å². The second kappa shape index (κ2) is 7.71. The Balaban J connectivity index is 1.63. The number of ether oxygens (including phenoxy) is 2. The van der Waals surface area contributed by atoms with Crippen molar-refractivity contribution in [1.82, 2.24) is 0 Å². The summed E-state index contributed by atoms with van der Waals surface area (Å²) in [5.74, 6) is 0.338. The zero-order valence-corrected chi connectivity index (χ0v) is 17.1. The first kappa shape index (κ1) is 18.0. The molecule has 0 spiro atoms. The van der Waals surface area contributed by atoms with Gasteiger partial charge < -0.3 is 9.47 Å². The Morgan fingerprint density at radius 1 is 0.926 bits per heavy atom. The van der Waals surface area contributed by atoms with E-state index in [-0.39, 0.29) is 28.1 Å². The minimum Gasteiger partial charge on any atom is -0.457 e. The molecule has 4 aromatic rings. The zero-order valence-electron chi connectivity index (χ0n) is 14.7. The van der Waals surface area contributed by atoms with Crippen molar-refractivity contribution in [2.75, 3.05) is 6.79 Å². The highest BCUT2D eigenvalue weighted by atomic mass is 79.9. The summed E-state index contributed by atoms with van der Waals surface area (Å²) in [5, 5.41) is 2.63. The molecule has 0 saturated heterocycles. The molecule has 0 aliphatic heterocycles. The largest absolute Gasteiger partial charge is 0.457 e. The summed E-state index contributed by atoms with van der Waals surface area (Å²) in [4.78, 5) is 12.3. The predicted molar refractivity (Wildman–Crippen MR) is 115 cm³/mol. The van der Waals surface area contributed by atoms with Gasteiger partial charge in [-0.25, -0.2) is 0 Å². The van der Waals surface area contributed by atoms with E-state index in [4.69, 9.17) is 9.47 Å². The average molecular weight is 442 g/mol. The third-order valence-electron chi connectivity index (χ3n) is 4.32. The summed E-state index contributed by atoms with van der Waals surface area (Å²) >= 11 is 3.17. The Hall–Kier alpha value is -2.37. The molecule has 1 unspecified atom stereocenters. The number of benzene rings is 3. The van der Waals surface area contributed by atoms with E-state index in [1.807, 2.05) is 12.1 Å². The van der Waals surface area contributed by atoms with E-state index in [1.165, 1.54) is 25.1 Å². The first-order valence-corrected chi connectivity index (χ1v) is 10.8. The number of carbonyl (C=O) groups is 1. The molecular weight excluding hydrogens is 424 g/mol. The highest BCUT2D eigenvalue weighted by molar-refractivity contribution is 9.10. The number of thiophene rings is 1. The summed E-state index contributed by atoms with van der Waals surface area (Å²) in [7, 11) is -0.115. The lowest BCUT2D eigenvalue weighted by Gasteiger charge is -2.08. The maximum absolute atomic E-state index is 11.4. The van der Waals surface area contributed by atoms with Crippen LogP contribution in [0.4, 0.5) is 0 Å². The fourth-order valence-corrected chi connectivity index (χ4v) is 5.56. The first-order chi connectivity index (χ1) is 13.1. The van der Waals surface area contributed by atoms with Gasteiger partial charge in [-0.15, -0.1) is 0 Å². The van der Waals surface area contributed by atoms with Crippen LogP contribution < -0.4 is 4.74 Å². The van der Waals surface area contributed by atoms with E-state index < -0.39 is 0 Å². The lowest BCUT2D eigenvalue weighted by molar-refractivity contribution is -0.148. The van der Waals surface area contributed by atoms with Gasteiger partial charge in [0.25, 0.3) is 0 Å². The molecule has 0 aliphatic rings. The standard InChI is InChI=1S/C22H18BrO3S/c1-15(23)22(24)26-14-25-16-10-12-17(13-11-16)27-20-8-4-2-6-18(20)19-7-3-5-9-21(19)27/h2-13,15H,14H2,1H3/q+1. The molecule has 0 fully saturated rings. The molecule has 136 valence electrons. The lowest BCUT2D eigenvalue weighted by Crippen LogP contribution is -2.17. The normalized spacial score (nSPS) is 12.2. The van der Waals surface area contributed by atoms with Gasteiger partial charge in [0.2, 0.25) is 6.79 Å². The fraction of sp³-hybridized carbons (Fsp3) is 0.136. The Kier molecular flexibility index (Phi) is 5.14. The van der Waals surface area contributed by atoms with Crippen molar-refractivity contribution in [3.63, 3.8) is 0 Å². The summed E-state index contributed by atoms with van der Waals surface area (Å²) in [5.41, 5.74) is 0. The molecule has 1 atom stereocenters. The van der Waals surface area contributed by atoms with Gasteiger partial charge in [-0.2, -0.15) is 0 Å². The van der Waals surface area contributed by atoms with E-state index >= 15 is 0 Å². The molecule has 0 aliphatic carbocycles. The summed E-state index contributed by atoms with van der Waals surface area (Å²) < 4.78 is 13.3. The van der Waals surface area contributed by atoms with Gasteiger partial charge in [-0.3, -0.25) is 4.79 Å². The maximum atomic E-state index is 11.4. The topological polar surface area (TPSA) is 35.5 Å². The van der Waals surface area contributed by atoms with Gasteiger partial charge in [0.15, 0.2) is 14.3 Å². The molecule has 0 saturated carbocycles. The fourth-order valence-electron chi connectivity index (χ4n) is 3.05. The van der Waals surface area contributed by atoms with Crippen LogP contribution in [0.5, 0.6) is 5.75 Å². The Bertz CT molecular complexity index is 1050. The number of alkyl halides is 1. The molecule has 3 aromatic carbocycles. The van der Waals surface area contributed by atoms with Crippen LogP contribution in [0, 0.1) is 0 Å². The molecule has 3 nitrogen and oxygen atoms in total. The summed E-state index contributed by atoms with van der Waals surface area (Å²) in [6, 6.07) is 25.2. The Labute approximate surface area is 168 Å². The molecular formula is C22H18BrO3S+. The first-order valence-electron chi connectivity index (χ1n) is 8.61. The molecule has 4 rings (SSSR count). The van der Waals surface area contributed by atoms with Gasteiger partial charge in [0, 0.05) is 33.4 Å². The van der Waals surface area contributed by atoms with E-state index in [1.54, 1.807) is 6.92 Å². The SMILES string of the molecule is CC(Br)C(=O)OCOc1ccc(-[s+]2c3ccccc3c3ccccc32)cc1. The van der Waals surface area contributed by atoms with Gasteiger partial charge in [0.1, 0.15) is 10.6 Å². The zero-order chi connectivity index (χ0) is 18.8. The summed E-state index contributed by atoms with van der Waals surface area (Å²) in [6.45, 7) is 1.63. The van der Waals surface area contributed by atoms with Crippen LogP contribution in [-0.2, 0) is 9.53 Å². The quantitative estimate of drug-likeness (QED) is 0.155. The second-order valence-electron chi connectivity index (χ2n) is 6.11. The van der Waals surface area contributed by atoms with Gasteiger partial charge in [-0.05, 0) is 43.3 Å². The van der Waals surface area contributed by atoms with Crippen molar-refractivity contribution in [1.29, 1.82) is 0 Å². The van der Waals surface area contributed by atoms with Crippen molar-refractivity contribution in [3.05, 3.63) is 72.8 Å². The highest BCUT2D eigenvalue weighted by Gasteiger charge is 2.22. The molecule has 27 heavy (non-hydrogen) atoms. The molecule has 0 amide bonds. The van der Waals surface area contributed by atoms with Crippen molar-refractivity contribution >= 4 is 52.5 Å². The Morgan fingerprint density at radius 2 is 1.48 bits per heavy atom. The monoisotopic (exact) mass is 441 g/mol. The number of carbonyl (C=O) groups excluding carboxylic acids is 1. The second-order valence-corrected chi connectivity index (χ2v) is 9.45. The number of hydrogen-bond acceptors (Lipinski definition) is 3. The predicted octanol–water partition coefficient (Wildman–Crippen LogP) is 6.39. The van der Waals surface area contributed by atoms with Crippen LogP contribution >= 0.6 is 26.4 Å². The van der Waals surface area contributed by atoms with Crippen molar-refractivity contribution in [2.45, 2.75) is 11.8 Å². The molecule has 1 aromatic heterocycles. The third kappa shape index (κ3) is 3.57. The number of esters is 1. The number of rotatable bonds is 5. The number of halogens is 1. The number of fused-ring (bicyclic) bond motifs is 3. The molecule has 0 N–H and O–H groups in total. The minimum absolute atomic E-state index is 0.0918. The summed E-state index contributed by atoms with van der Waals surface area (Å²) in [6.07, 6.45) is 0. The van der Waals surface area contributed by atoms with E-state index in [0.29, 0.717) is 5.75 Å². The third-order valence-corrected chi connectivity index (χ3v) is 7.02. The van der Waals surface area contributed by atoms with Crippen LogP contribution in [0.15, 0.2) is 72.8 Å². The van der Waals surface area contributed by atoms with E-state index in [2.05, 4.69) is 76.6 Å². The van der Waals surface area contributed by atoms with Crippen LogP contribution in [0.3, 0.4) is 0 Å². The van der Waals surface area contributed by atoms with Crippen LogP contribution in [0.2, 0.25) is 0 Å². The smallest absolute Gasteiger partial charge is 0.322 e. The minimum atomic E-state index is -0.341. The lowest BCUT2D eigenvalue weighted by atomic mass is 10.2. The van der Waals surface area contributed by atoms with Gasteiger partial charge in [-0.1, -0.05) is 40.2 Å². The van der Waals surface area contributed by atoms with Crippen LogP contribution in [0.1, 0.15) is 6.92 Å². The number of hydrogen-bond donors (Lipinski definition) is 0. The van der Waals surface area contributed by atoms with Crippen molar-refractivity contribution in [3.8, 4) is 10.6 Å². The van der Waals surface area contributed by atoms with Gasteiger partial charge >= 0.3 is 5.97 Å². The molecule has 0 radical (unpaired) electrons. The maximum Gasteiger partial charge on any atom is 0.322 e. The average Bonchev–Trinajstić information content (AvgIpc) is 3.03. The van der Waals surface area contributed by atoms with Crippen LogP contribution in [-0.4, -0.2) is 17.6 Å². The van der Waals surface area contributed by atoms with Crippen LogP contribution in [0.25, 0.3) is 25.1 Å². The molecule has 5 heteroatoms. The van der Waals surface area contributed by atoms with Crippen molar-refractivity contribution < 1.29 is 14.3 Å².